The summed E-state index contributed by atoms with van der Waals surface area (Å²) in [4.78, 5) is 2.43. The summed E-state index contributed by atoms with van der Waals surface area (Å²) in [7, 11) is 0. The number of rotatable bonds is 7. The molecule has 1 aromatic rings. The molecule has 1 aliphatic heterocycles. The highest BCUT2D eigenvalue weighted by atomic mass is 16.5. The molecule has 0 aliphatic carbocycles. The van der Waals surface area contributed by atoms with Gasteiger partial charge in [-0.1, -0.05) is 6.92 Å². The zero-order chi connectivity index (χ0) is 13.5. The van der Waals surface area contributed by atoms with Crippen LogP contribution in [0.3, 0.4) is 0 Å². The molecule has 1 fully saturated rings. The Morgan fingerprint density at radius 1 is 1.05 bits per heavy atom. The molecule has 1 heterocycles. The van der Waals surface area contributed by atoms with E-state index in [-0.39, 0.29) is 0 Å². The molecule has 4 heteroatoms. The van der Waals surface area contributed by atoms with Crippen LogP contribution >= 0.6 is 0 Å². The minimum absolute atomic E-state index is 0.685. The van der Waals surface area contributed by atoms with Gasteiger partial charge < -0.3 is 15.2 Å². The van der Waals surface area contributed by atoms with E-state index in [4.69, 9.17) is 15.2 Å². The molecule has 4 nitrogen and oxygen atoms in total. The number of likely N-dealkylation sites (tertiary alicyclic amines) is 1. The smallest absolute Gasteiger partial charge is 0.125 e. The standard InChI is InChI=1S/C15H24N2O2/c1-2-8-18-14-10-13(16)11-15(12-14)19-9-7-17-5-3-4-6-17/h10-12H,2-9,16H2,1H3. The molecule has 2 N–H and O–H groups in total. The molecule has 0 aromatic heterocycles. The molecule has 19 heavy (non-hydrogen) atoms. The number of hydrogen-bond donors (Lipinski definition) is 1. The highest BCUT2D eigenvalue weighted by Gasteiger charge is 2.11. The van der Waals surface area contributed by atoms with Gasteiger partial charge in [-0.05, 0) is 32.4 Å². The number of anilines is 1. The summed E-state index contributed by atoms with van der Waals surface area (Å²) < 4.78 is 11.4. The molecule has 1 saturated heterocycles. The summed E-state index contributed by atoms with van der Waals surface area (Å²) in [5, 5.41) is 0. The zero-order valence-electron chi connectivity index (χ0n) is 11.7. The average molecular weight is 264 g/mol. The van der Waals surface area contributed by atoms with E-state index >= 15 is 0 Å². The molecule has 0 unspecified atom stereocenters. The van der Waals surface area contributed by atoms with Crippen molar-refractivity contribution in [2.75, 3.05) is 38.6 Å². The molecule has 0 atom stereocenters. The maximum Gasteiger partial charge on any atom is 0.125 e. The van der Waals surface area contributed by atoms with Crippen LogP contribution in [0.1, 0.15) is 26.2 Å². The average Bonchev–Trinajstić information content (AvgIpc) is 2.89. The number of nitrogens with zero attached hydrogens (tertiary/aromatic N) is 1. The summed E-state index contributed by atoms with van der Waals surface area (Å²) in [6, 6.07) is 5.60. The lowest BCUT2D eigenvalue weighted by atomic mass is 10.3. The van der Waals surface area contributed by atoms with Crippen LogP contribution in [0.2, 0.25) is 0 Å². The largest absolute Gasteiger partial charge is 0.493 e. The van der Waals surface area contributed by atoms with Crippen molar-refractivity contribution in [1.82, 2.24) is 4.90 Å². The van der Waals surface area contributed by atoms with Crippen molar-refractivity contribution in [3.05, 3.63) is 18.2 Å². The van der Waals surface area contributed by atoms with Crippen molar-refractivity contribution < 1.29 is 9.47 Å². The van der Waals surface area contributed by atoms with Crippen LogP contribution in [-0.4, -0.2) is 37.7 Å². The van der Waals surface area contributed by atoms with E-state index in [1.807, 2.05) is 18.2 Å². The third-order valence-corrected chi connectivity index (χ3v) is 3.25. The van der Waals surface area contributed by atoms with Crippen molar-refractivity contribution in [1.29, 1.82) is 0 Å². The number of hydrogen-bond acceptors (Lipinski definition) is 4. The van der Waals surface area contributed by atoms with Gasteiger partial charge in [0, 0.05) is 30.4 Å². The van der Waals surface area contributed by atoms with Gasteiger partial charge in [0.15, 0.2) is 0 Å². The summed E-state index contributed by atoms with van der Waals surface area (Å²) in [6.07, 6.45) is 3.61. The SMILES string of the molecule is CCCOc1cc(N)cc(OCCN2CCCC2)c1. The van der Waals surface area contributed by atoms with Gasteiger partial charge in [-0.15, -0.1) is 0 Å². The Labute approximate surface area is 115 Å². The highest BCUT2D eigenvalue weighted by Crippen LogP contribution is 2.24. The maximum atomic E-state index is 5.85. The summed E-state index contributed by atoms with van der Waals surface area (Å²) in [6.45, 7) is 6.88. The van der Waals surface area contributed by atoms with Crippen molar-refractivity contribution >= 4 is 5.69 Å². The molecule has 1 aromatic carbocycles. The fraction of sp³-hybridized carbons (Fsp3) is 0.600. The molecule has 0 saturated carbocycles. The summed E-state index contributed by atoms with van der Waals surface area (Å²) in [5.74, 6) is 1.59. The van der Waals surface area contributed by atoms with E-state index in [9.17, 15) is 0 Å². The van der Waals surface area contributed by atoms with Gasteiger partial charge >= 0.3 is 0 Å². The molecule has 0 spiro atoms. The van der Waals surface area contributed by atoms with Crippen LogP contribution in [0, 0.1) is 0 Å². The molecule has 1 aliphatic rings. The molecule has 2 rings (SSSR count). The van der Waals surface area contributed by atoms with Crippen molar-refractivity contribution in [3.8, 4) is 11.5 Å². The second-order valence-electron chi connectivity index (χ2n) is 4.98. The lowest BCUT2D eigenvalue weighted by Crippen LogP contribution is -2.25. The first-order chi connectivity index (χ1) is 9.28. The lowest BCUT2D eigenvalue weighted by molar-refractivity contribution is 0.236. The Morgan fingerprint density at radius 2 is 1.68 bits per heavy atom. The van der Waals surface area contributed by atoms with Crippen molar-refractivity contribution in [2.24, 2.45) is 0 Å². The van der Waals surface area contributed by atoms with E-state index in [2.05, 4.69) is 11.8 Å². The second kappa shape index (κ2) is 7.24. The number of benzene rings is 1. The summed E-state index contributed by atoms with van der Waals surface area (Å²) in [5.41, 5.74) is 6.54. The highest BCUT2D eigenvalue weighted by molar-refractivity contribution is 5.50. The van der Waals surface area contributed by atoms with Crippen LogP contribution in [0.15, 0.2) is 18.2 Å². The van der Waals surface area contributed by atoms with Gasteiger partial charge in [-0.3, -0.25) is 4.90 Å². The second-order valence-corrected chi connectivity index (χ2v) is 4.98. The van der Waals surface area contributed by atoms with E-state index in [1.165, 1.54) is 25.9 Å². The van der Waals surface area contributed by atoms with Gasteiger partial charge in [0.1, 0.15) is 18.1 Å². The molecular formula is C15H24N2O2. The monoisotopic (exact) mass is 264 g/mol. The lowest BCUT2D eigenvalue weighted by Gasteiger charge is -2.15. The third kappa shape index (κ3) is 4.63. The Hall–Kier alpha value is -1.42. The first kappa shape index (κ1) is 14.0. The molecule has 0 amide bonds. The predicted octanol–water partition coefficient (Wildman–Crippen LogP) is 2.53. The molecule has 0 radical (unpaired) electrons. The van der Waals surface area contributed by atoms with E-state index in [1.54, 1.807) is 0 Å². The number of ether oxygens (including phenoxy) is 2. The first-order valence-corrected chi connectivity index (χ1v) is 7.16. The van der Waals surface area contributed by atoms with Gasteiger partial charge in [0.05, 0.1) is 6.61 Å². The zero-order valence-corrected chi connectivity index (χ0v) is 11.7. The Balaban J connectivity index is 1.82. The normalized spacial score (nSPS) is 15.6. The van der Waals surface area contributed by atoms with Gasteiger partial charge in [0.25, 0.3) is 0 Å². The van der Waals surface area contributed by atoms with Crippen LogP contribution < -0.4 is 15.2 Å². The van der Waals surface area contributed by atoms with Gasteiger partial charge in [0.2, 0.25) is 0 Å². The number of nitrogen functional groups attached to an aromatic ring is 1. The van der Waals surface area contributed by atoms with E-state index in [0.717, 1.165) is 24.5 Å². The fourth-order valence-corrected chi connectivity index (χ4v) is 2.28. The maximum absolute atomic E-state index is 5.85. The van der Waals surface area contributed by atoms with Crippen molar-refractivity contribution in [2.45, 2.75) is 26.2 Å². The minimum Gasteiger partial charge on any atom is -0.493 e. The van der Waals surface area contributed by atoms with Crippen LogP contribution in [0.5, 0.6) is 11.5 Å². The molecule has 0 bridgehead atoms. The van der Waals surface area contributed by atoms with Crippen LogP contribution in [0.4, 0.5) is 5.69 Å². The number of nitrogens with two attached hydrogens (primary N) is 1. The minimum atomic E-state index is 0.685. The predicted molar refractivity (Wildman–Crippen MR) is 77.8 cm³/mol. The van der Waals surface area contributed by atoms with Crippen LogP contribution in [0.25, 0.3) is 0 Å². The van der Waals surface area contributed by atoms with Crippen LogP contribution in [-0.2, 0) is 0 Å². The molecule has 106 valence electrons. The molecular weight excluding hydrogens is 240 g/mol. The van der Waals surface area contributed by atoms with Gasteiger partial charge in [-0.2, -0.15) is 0 Å². The van der Waals surface area contributed by atoms with Gasteiger partial charge in [-0.25, -0.2) is 0 Å². The van der Waals surface area contributed by atoms with E-state index in [0.29, 0.717) is 18.9 Å². The summed E-state index contributed by atoms with van der Waals surface area (Å²) >= 11 is 0. The Kier molecular flexibility index (Phi) is 5.33. The Morgan fingerprint density at radius 3 is 2.32 bits per heavy atom. The topological polar surface area (TPSA) is 47.7 Å². The fourth-order valence-electron chi connectivity index (χ4n) is 2.28. The van der Waals surface area contributed by atoms with E-state index < -0.39 is 0 Å². The third-order valence-electron chi connectivity index (χ3n) is 3.25. The quantitative estimate of drug-likeness (QED) is 0.769. The first-order valence-electron chi connectivity index (χ1n) is 7.16. The van der Waals surface area contributed by atoms with Crippen molar-refractivity contribution in [3.63, 3.8) is 0 Å². The Bertz CT molecular complexity index is 390.